The van der Waals surface area contributed by atoms with Crippen LogP contribution in [0.5, 0.6) is 0 Å². The maximum atomic E-state index is 13.3. The molecule has 4 heteroatoms. The van der Waals surface area contributed by atoms with Gasteiger partial charge in [0.05, 0.1) is 0 Å². The molecule has 1 aliphatic heterocycles. The molecule has 1 aromatic heterocycles. The summed E-state index contributed by atoms with van der Waals surface area (Å²) in [6, 6.07) is 20.5. The van der Waals surface area contributed by atoms with Crippen LogP contribution in [-0.4, -0.2) is 46.9 Å². The molecule has 0 atom stereocenters. The number of piperazine rings is 1. The number of benzene rings is 2. The summed E-state index contributed by atoms with van der Waals surface area (Å²) in [5.74, 6) is 0.120. The molecule has 3 aromatic rings. The summed E-state index contributed by atoms with van der Waals surface area (Å²) in [4.78, 5) is 21.8. The Bertz CT molecular complexity index is 933. The van der Waals surface area contributed by atoms with Gasteiger partial charge in [-0.1, -0.05) is 48.0 Å². The van der Waals surface area contributed by atoms with Gasteiger partial charge in [0.15, 0.2) is 0 Å². The zero-order valence-corrected chi connectivity index (χ0v) is 16.2. The van der Waals surface area contributed by atoms with E-state index in [2.05, 4.69) is 40.2 Å². The average Bonchev–Trinajstić information content (AvgIpc) is 2.75. The van der Waals surface area contributed by atoms with Crippen LogP contribution in [0.2, 0.25) is 0 Å². The largest absolute Gasteiger partial charge is 0.336 e. The smallest absolute Gasteiger partial charge is 0.254 e. The predicted octanol–water partition coefficient (Wildman–Crippen LogP) is 4.02. The summed E-state index contributed by atoms with van der Waals surface area (Å²) < 4.78 is 0. The van der Waals surface area contributed by atoms with Crippen molar-refractivity contribution in [2.24, 2.45) is 0 Å². The quantitative estimate of drug-likeness (QED) is 0.695. The lowest BCUT2D eigenvalue weighted by atomic mass is 9.97. The standard InChI is InChI=1S/C24H25N3O/c1-19-7-8-22(21-9-11-25-12-10-21)23(17-19)24(28)27-15-13-26(14-16-27)18-20-5-3-2-4-6-20/h2-12,17H,13-16,18H2,1H3. The normalized spacial score (nSPS) is 14.8. The van der Waals surface area contributed by atoms with Crippen molar-refractivity contribution in [1.29, 1.82) is 0 Å². The molecule has 1 saturated heterocycles. The van der Waals surface area contributed by atoms with E-state index in [9.17, 15) is 4.79 Å². The Labute approximate surface area is 166 Å². The zero-order valence-electron chi connectivity index (χ0n) is 16.2. The summed E-state index contributed by atoms with van der Waals surface area (Å²) in [5, 5.41) is 0. The Hall–Kier alpha value is -2.98. The number of hydrogen-bond donors (Lipinski definition) is 0. The van der Waals surface area contributed by atoms with Gasteiger partial charge in [-0.2, -0.15) is 0 Å². The third-order valence-electron chi connectivity index (χ3n) is 5.31. The fraction of sp³-hybridized carbons (Fsp3) is 0.250. The first-order valence-electron chi connectivity index (χ1n) is 9.77. The summed E-state index contributed by atoms with van der Waals surface area (Å²) >= 11 is 0. The second-order valence-corrected chi connectivity index (χ2v) is 7.34. The van der Waals surface area contributed by atoms with Crippen molar-refractivity contribution in [3.8, 4) is 11.1 Å². The maximum Gasteiger partial charge on any atom is 0.254 e. The van der Waals surface area contributed by atoms with Crippen LogP contribution in [0.25, 0.3) is 11.1 Å². The molecule has 2 aromatic carbocycles. The lowest BCUT2D eigenvalue weighted by molar-refractivity contribution is 0.0629. The van der Waals surface area contributed by atoms with Gasteiger partial charge in [-0.15, -0.1) is 0 Å². The molecule has 142 valence electrons. The van der Waals surface area contributed by atoms with E-state index in [0.29, 0.717) is 0 Å². The molecule has 0 radical (unpaired) electrons. The van der Waals surface area contributed by atoms with Crippen LogP contribution in [0.15, 0.2) is 73.1 Å². The van der Waals surface area contributed by atoms with Crippen LogP contribution in [0.3, 0.4) is 0 Å². The molecule has 1 fully saturated rings. The van der Waals surface area contributed by atoms with Gasteiger partial charge in [0, 0.05) is 50.7 Å². The number of carbonyl (C=O) groups excluding carboxylic acids is 1. The molecular weight excluding hydrogens is 346 g/mol. The van der Waals surface area contributed by atoms with Crippen LogP contribution < -0.4 is 0 Å². The van der Waals surface area contributed by atoms with Crippen molar-refractivity contribution in [2.75, 3.05) is 26.2 Å². The first kappa shape index (κ1) is 18.4. The summed E-state index contributed by atoms with van der Waals surface area (Å²) in [5.41, 5.74) is 5.21. The Morgan fingerprint density at radius 1 is 0.929 bits per heavy atom. The third kappa shape index (κ3) is 4.12. The average molecular weight is 371 g/mol. The molecule has 4 nitrogen and oxygen atoms in total. The molecule has 28 heavy (non-hydrogen) atoms. The molecule has 0 unspecified atom stereocenters. The minimum absolute atomic E-state index is 0.120. The predicted molar refractivity (Wildman–Crippen MR) is 112 cm³/mol. The van der Waals surface area contributed by atoms with Gasteiger partial charge in [0.25, 0.3) is 5.91 Å². The first-order valence-corrected chi connectivity index (χ1v) is 9.77. The fourth-order valence-corrected chi connectivity index (χ4v) is 3.74. The SMILES string of the molecule is Cc1ccc(-c2ccncc2)c(C(=O)N2CCN(Cc3ccccc3)CC2)c1. The Morgan fingerprint density at radius 3 is 2.36 bits per heavy atom. The number of aromatic nitrogens is 1. The van der Waals surface area contributed by atoms with Crippen LogP contribution in [0.4, 0.5) is 0 Å². The monoisotopic (exact) mass is 371 g/mol. The van der Waals surface area contributed by atoms with E-state index in [1.165, 1.54) is 5.56 Å². The van der Waals surface area contributed by atoms with Crippen molar-refractivity contribution in [1.82, 2.24) is 14.8 Å². The van der Waals surface area contributed by atoms with Crippen molar-refractivity contribution in [3.05, 3.63) is 89.7 Å². The third-order valence-corrected chi connectivity index (χ3v) is 5.31. The lowest BCUT2D eigenvalue weighted by Gasteiger charge is -2.35. The van der Waals surface area contributed by atoms with E-state index in [0.717, 1.165) is 55.0 Å². The number of carbonyl (C=O) groups is 1. The maximum absolute atomic E-state index is 13.3. The Kier molecular flexibility index (Phi) is 5.49. The highest BCUT2D eigenvalue weighted by molar-refractivity contribution is 6.01. The minimum Gasteiger partial charge on any atom is -0.336 e. The number of pyridine rings is 1. The fourth-order valence-electron chi connectivity index (χ4n) is 3.74. The first-order chi connectivity index (χ1) is 13.7. The summed E-state index contributed by atoms with van der Waals surface area (Å²) in [6.45, 7) is 6.29. The van der Waals surface area contributed by atoms with Gasteiger partial charge in [-0.05, 0) is 41.8 Å². The summed E-state index contributed by atoms with van der Waals surface area (Å²) in [6.07, 6.45) is 3.54. The van der Waals surface area contributed by atoms with Crippen LogP contribution >= 0.6 is 0 Å². The van der Waals surface area contributed by atoms with Crippen molar-refractivity contribution >= 4 is 5.91 Å². The van der Waals surface area contributed by atoms with Gasteiger partial charge < -0.3 is 4.90 Å². The van der Waals surface area contributed by atoms with E-state index in [4.69, 9.17) is 0 Å². The highest BCUT2D eigenvalue weighted by Gasteiger charge is 2.24. The van der Waals surface area contributed by atoms with E-state index in [1.807, 2.05) is 42.2 Å². The molecule has 0 spiro atoms. The number of nitrogens with zero attached hydrogens (tertiary/aromatic N) is 3. The van der Waals surface area contributed by atoms with Crippen LogP contribution in [-0.2, 0) is 6.54 Å². The van der Waals surface area contributed by atoms with Gasteiger partial charge in [-0.3, -0.25) is 14.7 Å². The van der Waals surface area contributed by atoms with E-state index < -0.39 is 0 Å². The van der Waals surface area contributed by atoms with E-state index in [1.54, 1.807) is 12.4 Å². The molecule has 0 saturated carbocycles. The van der Waals surface area contributed by atoms with Gasteiger partial charge in [0.1, 0.15) is 0 Å². The van der Waals surface area contributed by atoms with Gasteiger partial charge in [-0.25, -0.2) is 0 Å². The molecule has 0 aliphatic carbocycles. The number of rotatable bonds is 4. The van der Waals surface area contributed by atoms with Gasteiger partial charge in [0.2, 0.25) is 0 Å². The van der Waals surface area contributed by atoms with Crippen LogP contribution in [0, 0.1) is 6.92 Å². The van der Waals surface area contributed by atoms with Crippen molar-refractivity contribution in [2.45, 2.75) is 13.5 Å². The van der Waals surface area contributed by atoms with Crippen molar-refractivity contribution < 1.29 is 4.79 Å². The minimum atomic E-state index is 0.120. The highest BCUT2D eigenvalue weighted by atomic mass is 16.2. The molecule has 1 aliphatic rings. The molecule has 1 amide bonds. The second-order valence-electron chi connectivity index (χ2n) is 7.34. The van der Waals surface area contributed by atoms with E-state index in [-0.39, 0.29) is 5.91 Å². The molecule has 0 N–H and O–H groups in total. The lowest BCUT2D eigenvalue weighted by Crippen LogP contribution is -2.48. The second kappa shape index (κ2) is 8.36. The Morgan fingerprint density at radius 2 is 1.64 bits per heavy atom. The molecule has 0 bridgehead atoms. The molecule has 2 heterocycles. The van der Waals surface area contributed by atoms with Crippen LogP contribution in [0.1, 0.15) is 21.5 Å². The number of aryl methyl sites for hydroxylation is 1. The highest BCUT2D eigenvalue weighted by Crippen LogP contribution is 2.26. The topological polar surface area (TPSA) is 36.4 Å². The number of hydrogen-bond acceptors (Lipinski definition) is 3. The number of amides is 1. The Balaban J connectivity index is 1.48. The summed E-state index contributed by atoms with van der Waals surface area (Å²) in [7, 11) is 0. The van der Waals surface area contributed by atoms with Crippen molar-refractivity contribution in [3.63, 3.8) is 0 Å². The zero-order chi connectivity index (χ0) is 19.3. The molecule has 4 rings (SSSR count). The van der Waals surface area contributed by atoms with E-state index >= 15 is 0 Å². The van der Waals surface area contributed by atoms with Gasteiger partial charge >= 0.3 is 0 Å². The molecular formula is C24H25N3O.